The largest absolute Gasteiger partial charge is 0.480 e. The Kier molecular flexibility index (Phi) is 9.80. The summed E-state index contributed by atoms with van der Waals surface area (Å²) in [6, 6.07) is -1.19. The van der Waals surface area contributed by atoms with Crippen LogP contribution in [0.2, 0.25) is 0 Å². The third-order valence-electron chi connectivity index (χ3n) is 3.40. The first-order valence-corrected chi connectivity index (χ1v) is 7.46. The molecule has 0 radical (unpaired) electrons. The summed E-state index contributed by atoms with van der Waals surface area (Å²) in [6.45, 7) is 11.0. The number of carboxylic acids is 1. The van der Waals surface area contributed by atoms with Gasteiger partial charge in [0, 0.05) is 6.04 Å². The summed E-state index contributed by atoms with van der Waals surface area (Å²) in [5.74, 6) is -1.00. The van der Waals surface area contributed by atoms with Crippen LogP contribution >= 0.6 is 0 Å². The van der Waals surface area contributed by atoms with E-state index in [1.54, 1.807) is 6.92 Å². The van der Waals surface area contributed by atoms with Crippen molar-refractivity contribution in [2.45, 2.75) is 59.0 Å². The summed E-state index contributed by atoms with van der Waals surface area (Å²) >= 11 is 0. The van der Waals surface area contributed by atoms with Crippen LogP contribution in [0.4, 0.5) is 4.79 Å². The van der Waals surface area contributed by atoms with Crippen LogP contribution in [0.25, 0.3) is 0 Å². The summed E-state index contributed by atoms with van der Waals surface area (Å²) in [6.07, 6.45) is 2.27. The number of carbonyl (C=O) groups excluding carboxylic acids is 1. The maximum Gasteiger partial charge on any atom is 0.326 e. The molecule has 0 fully saturated rings. The Labute approximate surface area is 121 Å². The van der Waals surface area contributed by atoms with E-state index in [9.17, 15) is 9.59 Å². The van der Waals surface area contributed by atoms with E-state index in [0.717, 1.165) is 32.5 Å². The number of carbonyl (C=O) groups is 2. The number of nitrogens with one attached hydrogen (secondary N) is 2. The predicted octanol–water partition coefficient (Wildman–Crippen LogP) is 1.66. The van der Waals surface area contributed by atoms with Gasteiger partial charge in [-0.2, -0.15) is 0 Å². The molecule has 0 aliphatic carbocycles. The number of hydrogen-bond donors (Lipinski definition) is 3. The summed E-state index contributed by atoms with van der Waals surface area (Å²) < 4.78 is 0. The maximum absolute atomic E-state index is 11.6. The second-order valence-electron chi connectivity index (χ2n) is 4.99. The summed E-state index contributed by atoms with van der Waals surface area (Å²) in [7, 11) is 0. The Morgan fingerprint density at radius 1 is 1.15 bits per heavy atom. The van der Waals surface area contributed by atoms with Crippen LogP contribution in [-0.4, -0.2) is 53.7 Å². The Balaban J connectivity index is 3.93. The highest BCUT2D eigenvalue weighted by Gasteiger charge is 2.18. The Morgan fingerprint density at radius 2 is 1.75 bits per heavy atom. The van der Waals surface area contributed by atoms with Crippen molar-refractivity contribution in [1.29, 1.82) is 0 Å². The first kappa shape index (κ1) is 18.7. The second-order valence-corrected chi connectivity index (χ2v) is 4.99. The Bertz CT molecular complexity index is 293. The molecule has 0 aliphatic rings. The molecule has 0 aromatic carbocycles. The van der Waals surface area contributed by atoms with Crippen molar-refractivity contribution in [3.8, 4) is 0 Å². The predicted molar refractivity (Wildman–Crippen MR) is 79.9 cm³/mol. The van der Waals surface area contributed by atoms with Crippen LogP contribution in [0.15, 0.2) is 0 Å². The zero-order valence-electron chi connectivity index (χ0n) is 13.1. The van der Waals surface area contributed by atoms with E-state index in [2.05, 4.69) is 29.4 Å². The summed E-state index contributed by atoms with van der Waals surface area (Å²) in [4.78, 5) is 24.8. The number of aliphatic carboxylic acids is 1. The van der Waals surface area contributed by atoms with Crippen LogP contribution in [0.3, 0.4) is 0 Å². The number of rotatable bonds is 10. The van der Waals surface area contributed by atoms with Gasteiger partial charge in [-0.3, -0.25) is 0 Å². The van der Waals surface area contributed by atoms with Gasteiger partial charge in [-0.1, -0.05) is 20.8 Å². The normalized spacial score (nSPS) is 13.8. The standard InChI is InChI=1S/C14H29N3O3/c1-5-12(13(18)19)16-14(20)15-11(4)9-8-10-17(6-2)7-3/h11-12H,5-10H2,1-4H3,(H,18,19)(H2,15,16,20). The van der Waals surface area contributed by atoms with E-state index in [1.807, 2.05) is 6.92 Å². The van der Waals surface area contributed by atoms with Crippen LogP contribution in [0.1, 0.15) is 47.0 Å². The lowest BCUT2D eigenvalue weighted by molar-refractivity contribution is -0.139. The fraction of sp³-hybridized carbons (Fsp3) is 0.857. The van der Waals surface area contributed by atoms with Crippen molar-refractivity contribution >= 4 is 12.0 Å². The number of urea groups is 1. The first-order chi connectivity index (χ1) is 9.44. The minimum absolute atomic E-state index is 0.0388. The maximum atomic E-state index is 11.6. The minimum atomic E-state index is -1.00. The van der Waals surface area contributed by atoms with E-state index in [-0.39, 0.29) is 6.04 Å². The monoisotopic (exact) mass is 287 g/mol. The molecule has 0 saturated carbocycles. The molecular formula is C14H29N3O3. The van der Waals surface area contributed by atoms with Gasteiger partial charge in [0.1, 0.15) is 6.04 Å². The Morgan fingerprint density at radius 3 is 2.20 bits per heavy atom. The quantitative estimate of drug-likeness (QED) is 0.571. The molecular weight excluding hydrogens is 258 g/mol. The lowest BCUT2D eigenvalue weighted by atomic mass is 10.1. The lowest BCUT2D eigenvalue weighted by Crippen LogP contribution is -2.48. The molecule has 0 spiro atoms. The fourth-order valence-corrected chi connectivity index (χ4v) is 2.00. The first-order valence-electron chi connectivity index (χ1n) is 7.46. The van der Waals surface area contributed by atoms with E-state index in [4.69, 9.17) is 5.11 Å². The highest BCUT2D eigenvalue weighted by atomic mass is 16.4. The smallest absolute Gasteiger partial charge is 0.326 e. The molecule has 0 aromatic rings. The third kappa shape index (κ3) is 7.99. The molecule has 0 bridgehead atoms. The van der Waals surface area contributed by atoms with Crippen LogP contribution < -0.4 is 10.6 Å². The summed E-state index contributed by atoms with van der Waals surface area (Å²) in [5, 5.41) is 14.1. The van der Waals surface area contributed by atoms with Crippen LogP contribution in [0, 0.1) is 0 Å². The van der Waals surface area contributed by atoms with Gasteiger partial charge in [-0.25, -0.2) is 9.59 Å². The van der Waals surface area contributed by atoms with Crippen molar-refractivity contribution in [3.63, 3.8) is 0 Å². The number of amides is 2. The Hall–Kier alpha value is -1.30. The van der Waals surface area contributed by atoms with Gasteiger partial charge in [0.25, 0.3) is 0 Å². The molecule has 2 amide bonds. The molecule has 3 N–H and O–H groups in total. The van der Waals surface area contributed by atoms with E-state index in [0.29, 0.717) is 6.42 Å². The molecule has 2 atom stereocenters. The van der Waals surface area contributed by atoms with Crippen LogP contribution in [-0.2, 0) is 4.79 Å². The molecule has 2 unspecified atom stereocenters. The number of carboxylic acid groups (broad SMARTS) is 1. The number of nitrogens with zero attached hydrogens (tertiary/aromatic N) is 1. The van der Waals surface area contributed by atoms with Crippen molar-refractivity contribution in [3.05, 3.63) is 0 Å². The van der Waals surface area contributed by atoms with E-state index in [1.165, 1.54) is 0 Å². The van der Waals surface area contributed by atoms with Gasteiger partial charge in [0.2, 0.25) is 0 Å². The van der Waals surface area contributed by atoms with Gasteiger partial charge >= 0.3 is 12.0 Å². The molecule has 118 valence electrons. The highest BCUT2D eigenvalue weighted by Crippen LogP contribution is 2.00. The van der Waals surface area contributed by atoms with E-state index < -0.39 is 18.0 Å². The van der Waals surface area contributed by atoms with Gasteiger partial charge in [-0.05, 0) is 45.8 Å². The average Bonchev–Trinajstić information content (AvgIpc) is 2.40. The third-order valence-corrected chi connectivity index (χ3v) is 3.40. The zero-order chi connectivity index (χ0) is 15.5. The van der Waals surface area contributed by atoms with Gasteiger partial charge < -0.3 is 20.6 Å². The van der Waals surface area contributed by atoms with Crippen LogP contribution in [0.5, 0.6) is 0 Å². The molecule has 0 rings (SSSR count). The topological polar surface area (TPSA) is 81.7 Å². The molecule has 0 saturated heterocycles. The highest BCUT2D eigenvalue weighted by molar-refractivity contribution is 5.82. The van der Waals surface area contributed by atoms with Gasteiger partial charge in [0.15, 0.2) is 0 Å². The van der Waals surface area contributed by atoms with Gasteiger partial charge in [-0.15, -0.1) is 0 Å². The van der Waals surface area contributed by atoms with Crippen molar-refractivity contribution < 1.29 is 14.7 Å². The SMILES string of the molecule is CCC(NC(=O)NC(C)CCCN(CC)CC)C(=O)O. The minimum Gasteiger partial charge on any atom is -0.480 e. The second kappa shape index (κ2) is 10.5. The molecule has 20 heavy (non-hydrogen) atoms. The molecule has 6 heteroatoms. The molecule has 0 heterocycles. The van der Waals surface area contributed by atoms with E-state index >= 15 is 0 Å². The van der Waals surface area contributed by atoms with Crippen molar-refractivity contribution in [2.24, 2.45) is 0 Å². The lowest BCUT2D eigenvalue weighted by Gasteiger charge is -2.20. The van der Waals surface area contributed by atoms with Crippen molar-refractivity contribution in [1.82, 2.24) is 15.5 Å². The summed E-state index contributed by atoms with van der Waals surface area (Å²) in [5.41, 5.74) is 0. The fourth-order valence-electron chi connectivity index (χ4n) is 2.00. The molecule has 6 nitrogen and oxygen atoms in total. The molecule has 0 aromatic heterocycles. The van der Waals surface area contributed by atoms with Gasteiger partial charge in [0.05, 0.1) is 0 Å². The molecule has 0 aliphatic heterocycles. The average molecular weight is 287 g/mol. The zero-order valence-corrected chi connectivity index (χ0v) is 13.1. The van der Waals surface area contributed by atoms with Crippen molar-refractivity contribution in [2.75, 3.05) is 19.6 Å². The number of hydrogen-bond acceptors (Lipinski definition) is 3.